The Morgan fingerprint density at radius 3 is 2.44 bits per heavy atom. The Kier molecular flexibility index (Phi) is 12.4. The molecule has 1 rings (SSSR count). The normalized spacial score (nSPS) is 11.6. The molecule has 0 unspecified atom stereocenters. The zero-order valence-corrected chi connectivity index (χ0v) is 16.7. The third-order valence-corrected chi connectivity index (χ3v) is 4.16. The highest BCUT2D eigenvalue weighted by Gasteiger charge is 2.08. The van der Waals surface area contributed by atoms with Crippen LogP contribution in [0.3, 0.4) is 0 Å². The van der Waals surface area contributed by atoms with Gasteiger partial charge in [-0.05, 0) is 24.8 Å². The maximum atomic E-state index is 12.5. The first-order chi connectivity index (χ1) is 13.2. The standard InChI is InChI=1S/C23H33NO3/c1-3-5-7-11-15-21(16-12-17-22(25)27-18-6-4-2)23(26)24-19-20-13-9-8-10-14-20/h8-10,12-14,16-17H,3-7,11,15,18-19H2,1-2H3,(H,24,26)/b17-12+,21-16-. The van der Waals surface area contributed by atoms with E-state index in [-0.39, 0.29) is 11.9 Å². The Hall–Kier alpha value is -2.36. The highest BCUT2D eigenvalue weighted by Crippen LogP contribution is 2.11. The van der Waals surface area contributed by atoms with E-state index in [1.807, 2.05) is 37.3 Å². The van der Waals surface area contributed by atoms with E-state index in [0.29, 0.717) is 25.1 Å². The van der Waals surface area contributed by atoms with Crippen molar-refractivity contribution in [3.8, 4) is 0 Å². The lowest BCUT2D eigenvalue weighted by Crippen LogP contribution is -2.24. The second kappa shape index (κ2) is 14.8. The van der Waals surface area contributed by atoms with Gasteiger partial charge in [-0.15, -0.1) is 0 Å². The van der Waals surface area contributed by atoms with E-state index in [2.05, 4.69) is 12.2 Å². The van der Waals surface area contributed by atoms with Crippen LogP contribution in [0, 0.1) is 0 Å². The van der Waals surface area contributed by atoms with Gasteiger partial charge in [0.1, 0.15) is 0 Å². The first kappa shape index (κ1) is 22.7. The van der Waals surface area contributed by atoms with E-state index in [9.17, 15) is 9.59 Å². The Balaban J connectivity index is 2.61. The monoisotopic (exact) mass is 371 g/mol. The number of esters is 1. The van der Waals surface area contributed by atoms with Gasteiger partial charge in [0.2, 0.25) is 5.91 Å². The lowest BCUT2D eigenvalue weighted by atomic mass is 10.0. The molecule has 0 saturated carbocycles. The molecule has 0 aliphatic heterocycles. The van der Waals surface area contributed by atoms with Crippen LogP contribution in [0.2, 0.25) is 0 Å². The molecule has 0 aliphatic rings. The zero-order valence-electron chi connectivity index (χ0n) is 16.7. The predicted octanol–water partition coefficient (Wildman–Crippen LogP) is 5.10. The predicted molar refractivity (Wildman–Crippen MR) is 110 cm³/mol. The molecule has 1 aromatic rings. The lowest BCUT2D eigenvalue weighted by molar-refractivity contribution is -0.137. The van der Waals surface area contributed by atoms with Crippen molar-refractivity contribution in [2.75, 3.05) is 6.61 Å². The molecular weight excluding hydrogens is 338 g/mol. The number of nitrogens with one attached hydrogen (secondary N) is 1. The van der Waals surface area contributed by atoms with Gasteiger partial charge in [0.25, 0.3) is 0 Å². The van der Waals surface area contributed by atoms with Crippen molar-refractivity contribution in [1.82, 2.24) is 5.32 Å². The molecule has 0 saturated heterocycles. The van der Waals surface area contributed by atoms with E-state index in [1.165, 1.54) is 12.5 Å². The minimum atomic E-state index is -0.366. The summed E-state index contributed by atoms with van der Waals surface area (Å²) in [5.41, 5.74) is 1.76. The number of ether oxygens (including phenoxy) is 1. The highest BCUT2D eigenvalue weighted by molar-refractivity contribution is 5.94. The largest absolute Gasteiger partial charge is 0.463 e. The van der Waals surface area contributed by atoms with Gasteiger partial charge in [-0.25, -0.2) is 4.79 Å². The van der Waals surface area contributed by atoms with Crippen LogP contribution < -0.4 is 5.32 Å². The van der Waals surface area contributed by atoms with Crippen molar-refractivity contribution in [2.24, 2.45) is 0 Å². The molecular formula is C23H33NO3. The van der Waals surface area contributed by atoms with Crippen LogP contribution in [0.1, 0.15) is 64.4 Å². The molecule has 4 heteroatoms. The topological polar surface area (TPSA) is 55.4 Å². The second-order valence-electron chi connectivity index (χ2n) is 6.55. The average molecular weight is 372 g/mol. The SMILES string of the molecule is CCCCCC/C(=C/C=C/C(=O)OCCCC)C(=O)NCc1ccccc1. The van der Waals surface area contributed by atoms with E-state index < -0.39 is 0 Å². The molecule has 1 amide bonds. The number of unbranched alkanes of at least 4 members (excludes halogenated alkanes) is 4. The minimum absolute atomic E-state index is 0.0839. The van der Waals surface area contributed by atoms with Crippen LogP contribution in [0.25, 0.3) is 0 Å². The number of carbonyl (C=O) groups is 2. The maximum Gasteiger partial charge on any atom is 0.330 e. The fourth-order valence-corrected chi connectivity index (χ4v) is 2.51. The number of carbonyl (C=O) groups excluding carboxylic acids is 2. The van der Waals surface area contributed by atoms with E-state index >= 15 is 0 Å². The van der Waals surface area contributed by atoms with Gasteiger partial charge >= 0.3 is 5.97 Å². The fraction of sp³-hybridized carbons (Fsp3) is 0.478. The summed E-state index contributed by atoms with van der Waals surface area (Å²) in [6, 6.07) is 9.83. The molecule has 0 aliphatic carbocycles. The third kappa shape index (κ3) is 11.1. The molecule has 0 heterocycles. The minimum Gasteiger partial charge on any atom is -0.463 e. The molecule has 1 aromatic carbocycles. The third-order valence-electron chi connectivity index (χ3n) is 4.16. The molecule has 1 N–H and O–H groups in total. The number of amides is 1. The van der Waals surface area contributed by atoms with Crippen LogP contribution in [-0.4, -0.2) is 18.5 Å². The highest BCUT2D eigenvalue weighted by atomic mass is 16.5. The Morgan fingerprint density at radius 2 is 1.74 bits per heavy atom. The maximum absolute atomic E-state index is 12.5. The molecule has 0 radical (unpaired) electrons. The lowest BCUT2D eigenvalue weighted by Gasteiger charge is -2.09. The average Bonchev–Trinajstić information content (AvgIpc) is 2.69. The van der Waals surface area contributed by atoms with Crippen LogP contribution in [-0.2, 0) is 20.9 Å². The first-order valence-electron chi connectivity index (χ1n) is 10.0. The van der Waals surface area contributed by atoms with Crippen LogP contribution in [0.4, 0.5) is 0 Å². The summed E-state index contributed by atoms with van der Waals surface area (Å²) in [6.45, 7) is 5.14. The van der Waals surface area contributed by atoms with Crippen LogP contribution >= 0.6 is 0 Å². The van der Waals surface area contributed by atoms with Crippen molar-refractivity contribution in [3.63, 3.8) is 0 Å². The zero-order chi connectivity index (χ0) is 19.7. The first-order valence-corrected chi connectivity index (χ1v) is 10.0. The summed E-state index contributed by atoms with van der Waals surface area (Å²) in [4.78, 5) is 24.2. The van der Waals surface area contributed by atoms with Gasteiger partial charge in [-0.3, -0.25) is 4.79 Å². The summed E-state index contributed by atoms with van der Waals surface area (Å²) in [6.07, 6.45) is 11.7. The van der Waals surface area contributed by atoms with Gasteiger partial charge in [-0.2, -0.15) is 0 Å². The van der Waals surface area contributed by atoms with Crippen molar-refractivity contribution >= 4 is 11.9 Å². The Bertz CT molecular complexity index is 605. The van der Waals surface area contributed by atoms with E-state index in [4.69, 9.17) is 4.74 Å². The summed E-state index contributed by atoms with van der Waals surface area (Å²) in [5.74, 6) is -0.450. The summed E-state index contributed by atoms with van der Waals surface area (Å²) in [5, 5.41) is 2.96. The van der Waals surface area contributed by atoms with E-state index in [1.54, 1.807) is 12.2 Å². The number of allylic oxidation sites excluding steroid dienone is 2. The molecule has 0 atom stereocenters. The molecule has 0 fully saturated rings. The Labute approximate surface area is 163 Å². The molecule has 0 bridgehead atoms. The van der Waals surface area contributed by atoms with Gasteiger partial charge in [0.15, 0.2) is 0 Å². The van der Waals surface area contributed by atoms with Crippen LogP contribution in [0.5, 0.6) is 0 Å². The summed E-state index contributed by atoms with van der Waals surface area (Å²) in [7, 11) is 0. The van der Waals surface area contributed by atoms with Crippen molar-refractivity contribution in [2.45, 2.75) is 65.3 Å². The van der Waals surface area contributed by atoms with Gasteiger partial charge in [0, 0.05) is 18.2 Å². The van der Waals surface area contributed by atoms with Gasteiger partial charge < -0.3 is 10.1 Å². The number of rotatable bonds is 13. The smallest absolute Gasteiger partial charge is 0.330 e. The summed E-state index contributed by atoms with van der Waals surface area (Å²) >= 11 is 0. The number of hydrogen-bond donors (Lipinski definition) is 1. The number of benzene rings is 1. The molecule has 0 aromatic heterocycles. The molecule has 27 heavy (non-hydrogen) atoms. The van der Waals surface area contributed by atoms with Crippen LogP contribution in [0.15, 0.2) is 54.1 Å². The molecule has 148 valence electrons. The summed E-state index contributed by atoms with van der Waals surface area (Å²) < 4.78 is 5.09. The van der Waals surface area contributed by atoms with Crippen molar-refractivity contribution in [3.05, 3.63) is 59.7 Å². The van der Waals surface area contributed by atoms with E-state index in [0.717, 1.165) is 37.7 Å². The van der Waals surface area contributed by atoms with Gasteiger partial charge in [0.05, 0.1) is 6.61 Å². The quantitative estimate of drug-likeness (QED) is 0.227. The Morgan fingerprint density at radius 1 is 1.00 bits per heavy atom. The van der Waals surface area contributed by atoms with Crippen molar-refractivity contribution < 1.29 is 14.3 Å². The van der Waals surface area contributed by atoms with Crippen molar-refractivity contribution in [1.29, 1.82) is 0 Å². The molecule has 4 nitrogen and oxygen atoms in total. The van der Waals surface area contributed by atoms with Gasteiger partial charge in [-0.1, -0.05) is 82.0 Å². The number of hydrogen-bond acceptors (Lipinski definition) is 3. The fourth-order valence-electron chi connectivity index (χ4n) is 2.51. The second-order valence-corrected chi connectivity index (χ2v) is 6.55. The molecule has 0 spiro atoms.